The van der Waals surface area contributed by atoms with Gasteiger partial charge in [-0.3, -0.25) is 0 Å². The second kappa shape index (κ2) is 5.19. The zero-order valence-electron chi connectivity index (χ0n) is 10.5. The summed E-state index contributed by atoms with van der Waals surface area (Å²) >= 11 is 0. The Kier molecular flexibility index (Phi) is 3.64. The molecule has 1 heterocycles. The first-order chi connectivity index (χ1) is 8.16. The highest BCUT2D eigenvalue weighted by Gasteiger charge is 2.11. The Labute approximate surface area is 103 Å². The SMILES string of the molecule is CC(C)C(N)c1ccn(Cc2ccccc2)c1. The molecule has 0 aliphatic rings. The minimum atomic E-state index is 0.132. The highest BCUT2D eigenvalue weighted by atomic mass is 14.9. The average Bonchev–Trinajstić information content (AvgIpc) is 2.77. The van der Waals surface area contributed by atoms with Crippen molar-refractivity contribution in [2.45, 2.75) is 26.4 Å². The fourth-order valence-electron chi connectivity index (χ4n) is 1.93. The van der Waals surface area contributed by atoms with E-state index in [9.17, 15) is 0 Å². The van der Waals surface area contributed by atoms with E-state index >= 15 is 0 Å². The summed E-state index contributed by atoms with van der Waals surface area (Å²) in [5, 5.41) is 0. The second-order valence-corrected chi connectivity index (χ2v) is 4.87. The molecular formula is C15H20N2. The third kappa shape index (κ3) is 2.98. The monoisotopic (exact) mass is 228 g/mol. The zero-order valence-corrected chi connectivity index (χ0v) is 10.5. The van der Waals surface area contributed by atoms with Gasteiger partial charge >= 0.3 is 0 Å². The Morgan fingerprint density at radius 1 is 1.12 bits per heavy atom. The van der Waals surface area contributed by atoms with Crippen molar-refractivity contribution in [1.82, 2.24) is 4.57 Å². The first-order valence-electron chi connectivity index (χ1n) is 6.12. The normalized spacial score (nSPS) is 12.9. The number of nitrogens with zero attached hydrogens (tertiary/aromatic N) is 1. The van der Waals surface area contributed by atoms with E-state index in [4.69, 9.17) is 5.73 Å². The smallest absolute Gasteiger partial charge is 0.0470 e. The standard InChI is InChI=1S/C15H20N2/c1-12(2)15(16)14-8-9-17(11-14)10-13-6-4-3-5-7-13/h3-9,11-12,15H,10,16H2,1-2H3. The predicted molar refractivity (Wildman–Crippen MR) is 71.7 cm³/mol. The summed E-state index contributed by atoms with van der Waals surface area (Å²) in [5.74, 6) is 0.475. The first-order valence-corrected chi connectivity index (χ1v) is 6.12. The first kappa shape index (κ1) is 11.9. The molecule has 90 valence electrons. The number of aromatic nitrogens is 1. The molecule has 0 saturated heterocycles. The third-order valence-electron chi connectivity index (χ3n) is 3.08. The van der Waals surface area contributed by atoms with Crippen LogP contribution in [0.3, 0.4) is 0 Å². The second-order valence-electron chi connectivity index (χ2n) is 4.87. The molecule has 1 aromatic heterocycles. The van der Waals surface area contributed by atoms with Gasteiger partial charge in [-0.25, -0.2) is 0 Å². The van der Waals surface area contributed by atoms with E-state index in [1.165, 1.54) is 11.1 Å². The summed E-state index contributed by atoms with van der Waals surface area (Å²) < 4.78 is 2.19. The number of hydrogen-bond donors (Lipinski definition) is 1. The lowest BCUT2D eigenvalue weighted by atomic mass is 10.00. The third-order valence-corrected chi connectivity index (χ3v) is 3.08. The Balaban J connectivity index is 2.09. The van der Waals surface area contributed by atoms with Crippen molar-refractivity contribution in [3.8, 4) is 0 Å². The van der Waals surface area contributed by atoms with Gasteiger partial charge in [0, 0.05) is 25.0 Å². The molecule has 2 rings (SSSR count). The van der Waals surface area contributed by atoms with Crippen LogP contribution in [0.5, 0.6) is 0 Å². The minimum Gasteiger partial charge on any atom is -0.350 e. The van der Waals surface area contributed by atoms with Gasteiger partial charge in [0.15, 0.2) is 0 Å². The molecule has 1 atom stereocenters. The Hall–Kier alpha value is -1.54. The molecule has 0 aliphatic carbocycles. The molecule has 0 spiro atoms. The van der Waals surface area contributed by atoms with Gasteiger partial charge < -0.3 is 10.3 Å². The molecule has 0 radical (unpaired) electrons. The molecule has 0 saturated carbocycles. The lowest BCUT2D eigenvalue weighted by Crippen LogP contribution is -2.15. The topological polar surface area (TPSA) is 30.9 Å². The molecule has 2 aromatic rings. The molecule has 17 heavy (non-hydrogen) atoms. The van der Waals surface area contributed by atoms with Crippen LogP contribution >= 0.6 is 0 Å². The predicted octanol–water partition coefficient (Wildman–Crippen LogP) is 3.19. The van der Waals surface area contributed by atoms with Crippen molar-refractivity contribution >= 4 is 0 Å². The quantitative estimate of drug-likeness (QED) is 0.856. The van der Waals surface area contributed by atoms with Crippen molar-refractivity contribution in [3.05, 3.63) is 59.9 Å². The van der Waals surface area contributed by atoms with Crippen molar-refractivity contribution in [2.24, 2.45) is 11.7 Å². The maximum atomic E-state index is 6.13. The summed E-state index contributed by atoms with van der Waals surface area (Å²) in [6, 6.07) is 12.7. The van der Waals surface area contributed by atoms with E-state index in [1.54, 1.807) is 0 Å². The van der Waals surface area contributed by atoms with E-state index < -0.39 is 0 Å². The highest BCUT2D eigenvalue weighted by Crippen LogP contribution is 2.19. The van der Waals surface area contributed by atoms with Gasteiger partial charge in [0.25, 0.3) is 0 Å². The highest BCUT2D eigenvalue weighted by molar-refractivity contribution is 5.19. The van der Waals surface area contributed by atoms with Crippen LogP contribution in [0.1, 0.15) is 31.0 Å². The van der Waals surface area contributed by atoms with Crippen LogP contribution in [0.2, 0.25) is 0 Å². The lowest BCUT2D eigenvalue weighted by Gasteiger charge is -2.13. The van der Waals surface area contributed by atoms with E-state index in [2.05, 4.69) is 61.1 Å². The van der Waals surface area contributed by atoms with Crippen LogP contribution in [0.15, 0.2) is 48.8 Å². The van der Waals surface area contributed by atoms with Crippen LogP contribution < -0.4 is 5.73 Å². The molecule has 2 heteroatoms. The number of benzene rings is 1. The van der Waals surface area contributed by atoms with Gasteiger partial charge in [-0.15, -0.1) is 0 Å². The van der Waals surface area contributed by atoms with Gasteiger partial charge in [0.05, 0.1) is 0 Å². The van der Waals surface area contributed by atoms with Crippen LogP contribution in [-0.2, 0) is 6.54 Å². The summed E-state index contributed by atoms with van der Waals surface area (Å²) in [7, 11) is 0. The molecule has 1 unspecified atom stereocenters. The number of nitrogens with two attached hydrogens (primary N) is 1. The summed E-state index contributed by atoms with van der Waals surface area (Å²) in [6.07, 6.45) is 4.25. The number of rotatable bonds is 4. The van der Waals surface area contributed by atoms with Crippen molar-refractivity contribution in [1.29, 1.82) is 0 Å². The van der Waals surface area contributed by atoms with Crippen molar-refractivity contribution < 1.29 is 0 Å². The van der Waals surface area contributed by atoms with E-state index in [0.29, 0.717) is 5.92 Å². The largest absolute Gasteiger partial charge is 0.350 e. The molecule has 0 fully saturated rings. The fourth-order valence-corrected chi connectivity index (χ4v) is 1.93. The maximum absolute atomic E-state index is 6.13. The fraction of sp³-hybridized carbons (Fsp3) is 0.333. The van der Waals surface area contributed by atoms with E-state index in [1.807, 2.05) is 6.07 Å². The van der Waals surface area contributed by atoms with Crippen molar-refractivity contribution in [3.63, 3.8) is 0 Å². The van der Waals surface area contributed by atoms with Gasteiger partial charge in [0.2, 0.25) is 0 Å². The van der Waals surface area contributed by atoms with Gasteiger partial charge in [-0.1, -0.05) is 44.2 Å². The Morgan fingerprint density at radius 2 is 1.82 bits per heavy atom. The summed E-state index contributed by atoms with van der Waals surface area (Å²) in [6.45, 7) is 5.21. The zero-order chi connectivity index (χ0) is 12.3. The summed E-state index contributed by atoms with van der Waals surface area (Å²) in [5.41, 5.74) is 8.66. The maximum Gasteiger partial charge on any atom is 0.0470 e. The minimum absolute atomic E-state index is 0.132. The van der Waals surface area contributed by atoms with Crippen LogP contribution in [0, 0.1) is 5.92 Å². The van der Waals surface area contributed by atoms with Gasteiger partial charge in [0.1, 0.15) is 0 Å². The molecule has 2 N–H and O–H groups in total. The molecule has 1 aromatic carbocycles. The lowest BCUT2D eigenvalue weighted by molar-refractivity contribution is 0.513. The Morgan fingerprint density at radius 3 is 2.47 bits per heavy atom. The average molecular weight is 228 g/mol. The van der Waals surface area contributed by atoms with Crippen LogP contribution in [0.4, 0.5) is 0 Å². The van der Waals surface area contributed by atoms with Gasteiger partial charge in [-0.05, 0) is 23.1 Å². The van der Waals surface area contributed by atoms with Crippen LogP contribution in [-0.4, -0.2) is 4.57 Å². The van der Waals surface area contributed by atoms with Crippen molar-refractivity contribution in [2.75, 3.05) is 0 Å². The van der Waals surface area contributed by atoms with Gasteiger partial charge in [-0.2, -0.15) is 0 Å². The molecule has 2 nitrogen and oxygen atoms in total. The van der Waals surface area contributed by atoms with Crippen LogP contribution in [0.25, 0.3) is 0 Å². The molecule has 0 aliphatic heterocycles. The molecule has 0 bridgehead atoms. The number of hydrogen-bond acceptors (Lipinski definition) is 1. The van der Waals surface area contributed by atoms with E-state index in [0.717, 1.165) is 6.54 Å². The Bertz CT molecular complexity index is 457. The molecule has 0 amide bonds. The molecular weight excluding hydrogens is 208 g/mol. The van der Waals surface area contributed by atoms with E-state index in [-0.39, 0.29) is 6.04 Å². The summed E-state index contributed by atoms with van der Waals surface area (Å²) in [4.78, 5) is 0.